The van der Waals surface area contributed by atoms with Gasteiger partial charge in [-0.05, 0) is 56.5 Å². The maximum Gasteiger partial charge on any atom is 0.240 e. The first kappa shape index (κ1) is 20.6. The summed E-state index contributed by atoms with van der Waals surface area (Å²) in [6.45, 7) is 4.59. The highest BCUT2D eigenvalue weighted by Crippen LogP contribution is 2.34. The summed E-state index contributed by atoms with van der Waals surface area (Å²) >= 11 is 1.43. The quantitative estimate of drug-likeness (QED) is 0.391. The molecule has 0 spiro atoms. The van der Waals surface area contributed by atoms with E-state index in [1.807, 2.05) is 77.9 Å². The lowest BCUT2D eigenvalue weighted by molar-refractivity contribution is -0.117. The Labute approximate surface area is 191 Å². The molecule has 1 unspecified atom stereocenters. The summed E-state index contributed by atoms with van der Waals surface area (Å²) in [7, 11) is 0. The van der Waals surface area contributed by atoms with Gasteiger partial charge >= 0.3 is 0 Å². The maximum absolute atomic E-state index is 13.4. The zero-order chi connectivity index (χ0) is 22.1. The molecule has 6 nitrogen and oxygen atoms in total. The standard InChI is InChI=1S/C25H24N4O2S/c1-17-21(14-16-31-17)23-26-27-25(29(23)20-11-4-3-5-12-20)32-18(2)24(30)28-15-8-10-19-9-6-7-13-22(19)28/h3-7,9,11-14,16,18H,8,10,15H2,1-2H3. The molecule has 4 aromatic rings. The highest BCUT2D eigenvalue weighted by molar-refractivity contribution is 8.00. The molecule has 5 rings (SSSR count). The van der Waals surface area contributed by atoms with E-state index in [0.29, 0.717) is 11.0 Å². The molecule has 0 fully saturated rings. The van der Waals surface area contributed by atoms with Crippen molar-refractivity contribution in [1.29, 1.82) is 0 Å². The van der Waals surface area contributed by atoms with Crippen LogP contribution in [0.15, 0.2) is 76.5 Å². The summed E-state index contributed by atoms with van der Waals surface area (Å²) in [6.07, 6.45) is 3.64. The minimum absolute atomic E-state index is 0.0887. The fourth-order valence-electron chi connectivity index (χ4n) is 4.14. The topological polar surface area (TPSA) is 64.2 Å². The number of benzene rings is 2. The van der Waals surface area contributed by atoms with E-state index in [1.165, 1.54) is 17.3 Å². The molecule has 1 aliphatic heterocycles. The lowest BCUT2D eigenvalue weighted by atomic mass is 10.0. The van der Waals surface area contributed by atoms with Crippen molar-refractivity contribution in [3.05, 3.63) is 78.3 Å². The maximum atomic E-state index is 13.4. The number of hydrogen-bond donors (Lipinski definition) is 0. The molecule has 0 aliphatic carbocycles. The van der Waals surface area contributed by atoms with Crippen LogP contribution in [-0.2, 0) is 11.2 Å². The van der Waals surface area contributed by atoms with Crippen LogP contribution in [0.4, 0.5) is 5.69 Å². The number of thioether (sulfide) groups is 1. The number of amides is 1. The van der Waals surface area contributed by atoms with Crippen LogP contribution >= 0.6 is 11.8 Å². The molecule has 0 saturated carbocycles. The van der Waals surface area contributed by atoms with Crippen LogP contribution in [0.25, 0.3) is 17.1 Å². The normalized spacial score (nSPS) is 14.2. The van der Waals surface area contributed by atoms with Gasteiger partial charge in [-0.15, -0.1) is 10.2 Å². The van der Waals surface area contributed by atoms with Gasteiger partial charge in [0, 0.05) is 17.9 Å². The third-order valence-corrected chi connectivity index (χ3v) is 6.78. The number of anilines is 1. The van der Waals surface area contributed by atoms with Gasteiger partial charge in [0.15, 0.2) is 11.0 Å². The van der Waals surface area contributed by atoms with Crippen LogP contribution in [-0.4, -0.2) is 32.5 Å². The Bertz CT molecular complexity index is 1250. The molecule has 7 heteroatoms. The fraction of sp³-hybridized carbons (Fsp3) is 0.240. The Hall–Kier alpha value is -3.32. The second-order valence-corrected chi connectivity index (χ2v) is 9.16. The first-order valence-corrected chi connectivity index (χ1v) is 11.6. The smallest absolute Gasteiger partial charge is 0.240 e. The lowest BCUT2D eigenvalue weighted by Gasteiger charge is -2.31. The van der Waals surface area contributed by atoms with Crippen LogP contribution in [0.2, 0.25) is 0 Å². The summed E-state index contributed by atoms with van der Waals surface area (Å²) in [5.74, 6) is 1.57. The predicted octanol–water partition coefficient (Wildman–Crippen LogP) is 5.30. The number of hydrogen-bond acceptors (Lipinski definition) is 5. The van der Waals surface area contributed by atoms with Crippen LogP contribution < -0.4 is 4.90 Å². The first-order valence-electron chi connectivity index (χ1n) is 10.7. The molecule has 1 amide bonds. The van der Waals surface area contributed by atoms with E-state index in [-0.39, 0.29) is 11.2 Å². The van der Waals surface area contributed by atoms with Crippen molar-refractivity contribution in [1.82, 2.24) is 14.8 Å². The van der Waals surface area contributed by atoms with Crippen LogP contribution in [0.3, 0.4) is 0 Å². The van der Waals surface area contributed by atoms with Gasteiger partial charge < -0.3 is 9.32 Å². The number of para-hydroxylation sites is 2. The van der Waals surface area contributed by atoms with Crippen molar-refractivity contribution >= 4 is 23.4 Å². The van der Waals surface area contributed by atoms with Gasteiger partial charge in [0.05, 0.1) is 17.1 Å². The molecule has 2 aromatic carbocycles. The number of nitrogens with zero attached hydrogens (tertiary/aromatic N) is 4. The number of aromatic nitrogens is 3. The second-order valence-electron chi connectivity index (χ2n) is 7.85. The first-order chi connectivity index (χ1) is 15.6. The molecule has 1 aliphatic rings. The minimum atomic E-state index is -0.314. The molecule has 3 heterocycles. The zero-order valence-corrected chi connectivity index (χ0v) is 18.9. The summed E-state index contributed by atoms with van der Waals surface area (Å²) < 4.78 is 7.50. The Balaban J connectivity index is 1.48. The Morgan fingerprint density at radius 1 is 1.06 bits per heavy atom. The van der Waals surface area contributed by atoms with Crippen molar-refractivity contribution in [3.63, 3.8) is 0 Å². The van der Waals surface area contributed by atoms with Crippen LogP contribution in [0, 0.1) is 6.92 Å². The third kappa shape index (κ3) is 3.73. The molecule has 0 radical (unpaired) electrons. The Kier molecular flexibility index (Phi) is 5.57. The SMILES string of the molecule is Cc1occc1-c1nnc(SC(C)C(=O)N2CCCc3ccccc32)n1-c1ccccc1. The summed E-state index contributed by atoms with van der Waals surface area (Å²) in [5, 5.41) is 9.29. The third-order valence-electron chi connectivity index (χ3n) is 5.75. The van der Waals surface area contributed by atoms with E-state index in [4.69, 9.17) is 4.42 Å². The molecule has 162 valence electrons. The average Bonchev–Trinajstić information content (AvgIpc) is 3.44. The molecule has 0 bridgehead atoms. The highest BCUT2D eigenvalue weighted by Gasteiger charge is 2.29. The van der Waals surface area contributed by atoms with E-state index >= 15 is 0 Å². The predicted molar refractivity (Wildman–Crippen MR) is 126 cm³/mol. The molecule has 0 N–H and O–H groups in total. The van der Waals surface area contributed by atoms with Gasteiger partial charge in [-0.1, -0.05) is 48.2 Å². The minimum Gasteiger partial charge on any atom is -0.469 e. The van der Waals surface area contributed by atoms with Gasteiger partial charge in [-0.2, -0.15) is 0 Å². The summed E-state index contributed by atoms with van der Waals surface area (Å²) in [5.41, 5.74) is 4.08. The fourth-order valence-corrected chi connectivity index (χ4v) is 5.07. The monoisotopic (exact) mass is 444 g/mol. The van der Waals surface area contributed by atoms with Gasteiger partial charge in [0.1, 0.15) is 5.76 Å². The van der Waals surface area contributed by atoms with Crippen molar-refractivity contribution in [2.75, 3.05) is 11.4 Å². The highest BCUT2D eigenvalue weighted by atomic mass is 32.2. The number of rotatable bonds is 5. The summed E-state index contributed by atoms with van der Waals surface area (Å²) in [4.78, 5) is 15.4. The molecule has 2 aromatic heterocycles. The Morgan fingerprint density at radius 2 is 1.84 bits per heavy atom. The lowest BCUT2D eigenvalue weighted by Crippen LogP contribution is -2.40. The average molecular weight is 445 g/mol. The number of carbonyl (C=O) groups excluding carboxylic acids is 1. The molecular formula is C25H24N4O2S. The van der Waals surface area contributed by atoms with Crippen molar-refractivity contribution in [2.24, 2.45) is 0 Å². The second kappa shape index (κ2) is 8.67. The number of fused-ring (bicyclic) bond motifs is 1. The van der Waals surface area contributed by atoms with Crippen molar-refractivity contribution in [3.8, 4) is 17.1 Å². The largest absolute Gasteiger partial charge is 0.469 e. The Morgan fingerprint density at radius 3 is 2.62 bits per heavy atom. The van der Waals surface area contributed by atoms with E-state index < -0.39 is 0 Å². The van der Waals surface area contributed by atoms with Crippen LogP contribution in [0.5, 0.6) is 0 Å². The van der Waals surface area contributed by atoms with Crippen molar-refractivity contribution in [2.45, 2.75) is 37.1 Å². The molecule has 32 heavy (non-hydrogen) atoms. The zero-order valence-electron chi connectivity index (χ0n) is 18.1. The molecular weight excluding hydrogens is 420 g/mol. The summed E-state index contributed by atoms with van der Waals surface area (Å²) in [6, 6.07) is 20.0. The van der Waals surface area contributed by atoms with Crippen LogP contribution in [0.1, 0.15) is 24.7 Å². The number of carbonyl (C=O) groups is 1. The van der Waals surface area contributed by atoms with Gasteiger partial charge in [-0.25, -0.2) is 0 Å². The number of furan rings is 1. The van der Waals surface area contributed by atoms with E-state index in [1.54, 1.807) is 6.26 Å². The van der Waals surface area contributed by atoms with E-state index in [9.17, 15) is 4.79 Å². The van der Waals surface area contributed by atoms with E-state index in [0.717, 1.165) is 42.1 Å². The molecule has 1 atom stereocenters. The number of aryl methyl sites for hydroxylation is 2. The molecule has 0 saturated heterocycles. The van der Waals surface area contributed by atoms with Gasteiger partial charge in [-0.3, -0.25) is 9.36 Å². The van der Waals surface area contributed by atoms with E-state index in [2.05, 4.69) is 16.3 Å². The van der Waals surface area contributed by atoms with Gasteiger partial charge in [0.2, 0.25) is 5.91 Å². The van der Waals surface area contributed by atoms with Crippen molar-refractivity contribution < 1.29 is 9.21 Å². The van der Waals surface area contributed by atoms with Gasteiger partial charge in [0.25, 0.3) is 0 Å².